The van der Waals surface area contributed by atoms with Crippen LogP contribution in [0.3, 0.4) is 0 Å². The van der Waals surface area contributed by atoms with Crippen LogP contribution in [0.2, 0.25) is 0 Å². The number of anilines is 3. The molecule has 0 unspecified atom stereocenters. The van der Waals surface area contributed by atoms with Crippen molar-refractivity contribution in [3.8, 4) is 0 Å². The SMILES string of the molecule is Cc1ccc(CS(=O)(=O)NCCNc2cc(Nc3cc(C)ccn3)ncn2)cc1. The zero-order valence-electron chi connectivity index (χ0n) is 16.4. The van der Waals surface area contributed by atoms with Crippen molar-refractivity contribution in [1.82, 2.24) is 19.7 Å². The second-order valence-corrected chi connectivity index (χ2v) is 8.50. The number of benzene rings is 1. The van der Waals surface area contributed by atoms with E-state index in [-0.39, 0.29) is 12.3 Å². The van der Waals surface area contributed by atoms with Crippen LogP contribution in [0.4, 0.5) is 17.5 Å². The summed E-state index contributed by atoms with van der Waals surface area (Å²) in [5.41, 5.74) is 2.94. The number of pyridine rings is 1. The summed E-state index contributed by atoms with van der Waals surface area (Å²) in [5.74, 6) is 1.84. The molecule has 0 radical (unpaired) electrons. The van der Waals surface area contributed by atoms with Crippen LogP contribution in [-0.4, -0.2) is 36.5 Å². The lowest BCUT2D eigenvalue weighted by atomic mass is 10.2. The van der Waals surface area contributed by atoms with Gasteiger partial charge in [-0.2, -0.15) is 0 Å². The topological polar surface area (TPSA) is 109 Å². The molecule has 8 nitrogen and oxygen atoms in total. The molecule has 29 heavy (non-hydrogen) atoms. The minimum atomic E-state index is -3.40. The van der Waals surface area contributed by atoms with Gasteiger partial charge in [-0.1, -0.05) is 29.8 Å². The molecule has 3 N–H and O–H groups in total. The third-order valence-electron chi connectivity index (χ3n) is 4.07. The van der Waals surface area contributed by atoms with Crippen LogP contribution in [0.5, 0.6) is 0 Å². The smallest absolute Gasteiger partial charge is 0.215 e. The molecule has 0 aliphatic carbocycles. The van der Waals surface area contributed by atoms with E-state index < -0.39 is 10.0 Å². The Morgan fingerprint density at radius 1 is 0.828 bits per heavy atom. The molecular weight excluding hydrogens is 388 g/mol. The van der Waals surface area contributed by atoms with Gasteiger partial charge in [-0.25, -0.2) is 28.1 Å². The molecular formula is C20H24N6O2S. The zero-order valence-corrected chi connectivity index (χ0v) is 17.2. The minimum absolute atomic E-state index is 0.0433. The quantitative estimate of drug-likeness (QED) is 0.464. The van der Waals surface area contributed by atoms with E-state index >= 15 is 0 Å². The lowest BCUT2D eigenvalue weighted by Gasteiger charge is -2.10. The highest BCUT2D eigenvalue weighted by molar-refractivity contribution is 7.88. The number of hydrogen-bond acceptors (Lipinski definition) is 7. The lowest BCUT2D eigenvalue weighted by molar-refractivity contribution is 0.582. The van der Waals surface area contributed by atoms with Gasteiger partial charge < -0.3 is 10.6 Å². The molecule has 2 aromatic heterocycles. The molecule has 0 aliphatic rings. The molecule has 0 fully saturated rings. The van der Waals surface area contributed by atoms with Gasteiger partial charge in [0.25, 0.3) is 0 Å². The fourth-order valence-electron chi connectivity index (χ4n) is 2.61. The number of aryl methyl sites for hydroxylation is 2. The Morgan fingerprint density at radius 2 is 1.55 bits per heavy atom. The molecule has 1 aromatic carbocycles. The lowest BCUT2D eigenvalue weighted by Crippen LogP contribution is -2.30. The average molecular weight is 413 g/mol. The van der Waals surface area contributed by atoms with E-state index in [1.807, 2.05) is 50.2 Å². The van der Waals surface area contributed by atoms with Gasteiger partial charge in [0, 0.05) is 25.4 Å². The Labute approximate surface area is 170 Å². The van der Waals surface area contributed by atoms with Crippen molar-refractivity contribution < 1.29 is 8.42 Å². The van der Waals surface area contributed by atoms with Gasteiger partial charge in [0.05, 0.1) is 5.75 Å². The van der Waals surface area contributed by atoms with E-state index in [4.69, 9.17) is 0 Å². The Kier molecular flexibility index (Phi) is 6.73. The van der Waals surface area contributed by atoms with Crippen LogP contribution in [0.15, 0.2) is 55.0 Å². The van der Waals surface area contributed by atoms with Gasteiger partial charge in [-0.3, -0.25) is 0 Å². The van der Waals surface area contributed by atoms with Crippen LogP contribution in [0.1, 0.15) is 16.7 Å². The molecule has 0 atom stereocenters. The summed E-state index contributed by atoms with van der Waals surface area (Å²) in [4.78, 5) is 12.6. The summed E-state index contributed by atoms with van der Waals surface area (Å²) in [6.07, 6.45) is 3.16. The molecule has 152 valence electrons. The van der Waals surface area contributed by atoms with E-state index in [9.17, 15) is 8.42 Å². The second kappa shape index (κ2) is 9.44. The van der Waals surface area contributed by atoms with E-state index in [1.54, 1.807) is 12.3 Å². The number of hydrogen-bond donors (Lipinski definition) is 3. The third kappa shape index (κ3) is 6.81. The first-order valence-corrected chi connectivity index (χ1v) is 10.8. The van der Waals surface area contributed by atoms with Crippen LogP contribution in [0, 0.1) is 13.8 Å². The number of aromatic nitrogens is 3. The molecule has 0 amide bonds. The summed E-state index contributed by atoms with van der Waals surface area (Å²) >= 11 is 0. The minimum Gasteiger partial charge on any atom is -0.369 e. The summed E-state index contributed by atoms with van der Waals surface area (Å²) in [6, 6.07) is 13.0. The highest BCUT2D eigenvalue weighted by Gasteiger charge is 2.10. The Hall–Kier alpha value is -3.04. The normalized spacial score (nSPS) is 11.2. The maximum absolute atomic E-state index is 12.2. The first-order chi connectivity index (χ1) is 13.9. The number of nitrogens with one attached hydrogen (secondary N) is 3. The Morgan fingerprint density at radius 3 is 2.31 bits per heavy atom. The van der Waals surface area contributed by atoms with E-state index in [0.29, 0.717) is 24.0 Å². The van der Waals surface area contributed by atoms with Gasteiger partial charge in [-0.15, -0.1) is 0 Å². The second-order valence-electron chi connectivity index (χ2n) is 6.70. The van der Waals surface area contributed by atoms with Crippen molar-refractivity contribution in [1.29, 1.82) is 0 Å². The summed E-state index contributed by atoms with van der Waals surface area (Å²) in [5, 5.41) is 6.20. The number of nitrogens with zero attached hydrogens (tertiary/aromatic N) is 3. The standard InChI is InChI=1S/C20H24N6O2S/c1-15-3-5-17(6-4-15)13-29(27,28)25-10-9-22-18-12-20(24-14-23-18)26-19-11-16(2)7-8-21-19/h3-8,11-12,14,25H,9-10,13H2,1-2H3,(H2,21,22,23,24,26). The van der Waals surface area contributed by atoms with Crippen LogP contribution < -0.4 is 15.4 Å². The molecule has 0 saturated heterocycles. The van der Waals surface area contributed by atoms with Crippen molar-refractivity contribution in [2.45, 2.75) is 19.6 Å². The summed E-state index contributed by atoms with van der Waals surface area (Å²) < 4.78 is 27.0. The molecule has 0 spiro atoms. The third-order valence-corrected chi connectivity index (χ3v) is 5.43. The predicted octanol–water partition coefficient (Wildman–Crippen LogP) is 2.76. The van der Waals surface area contributed by atoms with Crippen molar-refractivity contribution in [3.05, 3.63) is 71.7 Å². The van der Waals surface area contributed by atoms with Crippen LogP contribution in [-0.2, 0) is 15.8 Å². The molecule has 3 rings (SSSR count). The first-order valence-electron chi connectivity index (χ1n) is 9.18. The van der Waals surface area contributed by atoms with Gasteiger partial charge in [0.15, 0.2) is 0 Å². The van der Waals surface area contributed by atoms with E-state index in [0.717, 1.165) is 16.7 Å². The van der Waals surface area contributed by atoms with Crippen molar-refractivity contribution in [2.75, 3.05) is 23.7 Å². The molecule has 0 aliphatic heterocycles. The highest BCUT2D eigenvalue weighted by Crippen LogP contribution is 2.15. The summed E-state index contributed by atoms with van der Waals surface area (Å²) in [6.45, 7) is 4.60. The molecule has 0 saturated carbocycles. The van der Waals surface area contributed by atoms with E-state index in [2.05, 4.69) is 30.3 Å². The number of sulfonamides is 1. The van der Waals surface area contributed by atoms with Crippen molar-refractivity contribution >= 4 is 27.5 Å². The Balaban J connectivity index is 1.48. The maximum atomic E-state index is 12.2. The zero-order chi connectivity index (χ0) is 20.7. The Bertz CT molecular complexity index is 1050. The van der Waals surface area contributed by atoms with Gasteiger partial charge in [0.2, 0.25) is 10.0 Å². The molecule has 3 aromatic rings. The van der Waals surface area contributed by atoms with Crippen LogP contribution in [0.25, 0.3) is 0 Å². The van der Waals surface area contributed by atoms with Crippen molar-refractivity contribution in [2.24, 2.45) is 0 Å². The van der Waals surface area contributed by atoms with Gasteiger partial charge >= 0.3 is 0 Å². The molecule has 9 heteroatoms. The monoisotopic (exact) mass is 412 g/mol. The molecule has 0 bridgehead atoms. The molecule has 2 heterocycles. The maximum Gasteiger partial charge on any atom is 0.215 e. The highest BCUT2D eigenvalue weighted by atomic mass is 32.2. The predicted molar refractivity (Wildman–Crippen MR) is 115 cm³/mol. The summed E-state index contributed by atoms with van der Waals surface area (Å²) in [7, 11) is -3.40. The fourth-order valence-corrected chi connectivity index (χ4v) is 3.76. The number of rotatable bonds is 9. The van der Waals surface area contributed by atoms with E-state index in [1.165, 1.54) is 6.33 Å². The van der Waals surface area contributed by atoms with Crippen molar-refractivity contribution in [3.63, 3.8) is 0 Å². The average Bonchev–Trinajstić information content (AvgIpc) is 2.67. The first kappa shape index (κ1) is 20.7. The van der Waals surface area contributed by atoms with Gasteiger partial charge in [0.1, 0.15) is 23.8 Å². The fraction of sp³-hybridized carbons (Fsp3) is 0.250. The largest absolute Gasteiger partial charge is 0.369 e. The van der Waals surface area contributed by atoms with Crippen LogP contribution >= 0.6 is 0 Å². The van der Waals surface area contributed by atoms with Gasteiger partial charge in [-0.05, 0) is 37.1 Å².